The number of hydrogen-bond donors (Lipinski definition) is 2. The fraction of sp³-hybridized carbons (Fsp3) is 0.900. The molecule has 3 N–H and O–H groups in total. The van der Waals surface area contributed by atoms with E-state index in [1.807, 2.05) is 0 Å². The summed E-state index contributed by atoms with van der Waals surface area (Å²) in [6, 6.07) is 0.374. The predicted molar refractivity (Wildman–Crippen MR) is 54.3 cm³/mol. The minimum atomic E-state index is -0.819. The third kappa shape index (κ3) is 2.14. The minimum absolute atomic E-state index is 0.187. The van der Waals surface area contributed by atoms with Crippen LogP contribution in [0.4, 0.5) is 0 Å². The Morgan fingerprint density at radius 1 is 1.53 bits per heavy atom. The van der Waals surface area contributed by atoms with Crippen molar-refractivity contribution in [2.75, 3.05) is 19.8 Å². The summed E-state index contributed by atoms with van der Waals surface area (Å²) in [6.07, 6.45) is 1.20. The van der Waals surface area contributed by atoms with Crippen LogP contribution in [0.2, 0.25) is 0 Å². The van der Waals surface area contributed by atoms with Crippen LogP contribution >= 0.6 is 0 Å². The van der Waals surface area contributed by atoms with Gasteiger partial charge in [0.25, 0.3) is 0 Å². The van der Waals surface area contributed by atoms with Crippen molar-refractivity contribution in [3.05, 3.63) is 0 Å². The maximum atomic E-state index is 11.7. The topological polar surface area (TPSA) is 73.6 Å². The third-order valence-electron chi connectivity index (χ3n) is 3.01. The molecule has 2 bridgehead atoms. The van der Waals surface area contributed by atoms with Gasteiger partial charge in [-0.25, -0.2) is 0 Å². The molecule has 0 aromatic heterocycles. The lowest BCUT2D eigenvalue weighted by atomic mass is 9.81. The molecular weight excluding hydrogens is 196 g/mol. The average molecular weight is 214 g/mol. The molecule has 0 amide bonds. The molecule has 2 unspecified atom stereocenters. The molecule has 5 nitrogen and oxygen atoms in total. The SMILES string of the molecule is CCOC(=O)C1(N)CC2COCC(C1)N2. The standard InChI is InChI=1S/C10H18N2O3/c1-2-15-9(13)10(11)3-7-5-14-6-8(4-10)12-7/h7-8,12H,2-6,11H2,1H3. The molecule has 86 valence electrons. The molecular formula is C10H18N2O3. The zero-order valence-electron chi connectivity index (χ0n) is 8.99. The Bertz CT molecular complexity index is 245. The number of carbonyl (C=O) groups excluding carboxylic acids is 1. The molecule has 2 saturated heterocycles. The van der Waals surface area contributed by atoms with E-state index in [1.165, 1.54) is 0 Å². The first kappa shape index (κ1) is 10.9. The lowest BCUT2D eigenvalue weighted by Crippen LogP contribution is -2.66. The Labute approximate surface area is 89.3 Å². The zero-order chi connectivity index (χ0) is 10.9. The summed E-state index contributed by atoms with van der Waals surface area (Å²) in [7, 11) is 0. The van der Waals surface area contributed by atoms with Gasteiger partial charge in [0.05, 0.1) is 19.8 Å². The average Bonchev–Trinajstić information content (AvgIpc) is 2.17. The van der Waals surface area contributed by atoms with Crippen molar-refractivity contribution < 1.29 is 14.3 Å². The Kier molecular flexibility index (Phi) is 2.95. The summed E-state index contributed by atoms with van der Waals surface area (Å²) in [5.74, 6) is -0.275. The van der Waals surface area contributed by atoms with Crippen LogP contribution in [0.15, 0.2) is 0 Å². The Hall–Kier alpha value is -0.650. The number of esters is 1. The second-order valence-electron chi connectivity index (χ2n) is 4.38. The number of rotatable bonds is 2. The zero-order valence-corrected chi connectivity index (χ0v) is 8.99. The Morgan fingerprint density at radius 3 is 2.67 bits per heavy atom. The molecule has 15 heavy (non-hydrogen) atoms. The summed E-state index contributed by atoms with van der Waals surface area (Å²) in [6.45, 7) is 3.45. The van der Waals surface area contributed by atoms with E-state index in [1.54, 1.807) is 6.92 Å². The van der Waals surface area contributed by atoms with Gasteiger partial charge >= 0.3 is 5.97 Å². The van der Waals surface area contributed by atoms with Crippen LogP contribution in [-0.4, -0.2) is 43.4 Å². The highest BCUT2D eigenvalue weighted by molar-refractivity contribution is 5.81. The minimum Gasteiger partial charge on any atom is -0.465 e. The fourth-order valence-corrected chi connectivity index (χ4v) is 2.42. The second kappa shape index (κ2) is 4.08. The molecule has 2 aliphatic rings. The molecule has 0 aromatic carbocycles. The first-order chi connectivity index (χ1) is 7.14. The first-order valence-corrected chi connectivity index (χ1v) is 5.44. The van der Waals surface area contributed by atoms with Crippen molar-refractivity contribution in [1.82, 2.24) is 5.32 Å². The number of morpholine rings is 1. The molecule has 2 fully saturated rings. The maximum Gasteiger partial charge on any atom is 0.326 e. The van der Waals surface area contributed by atoms with Crippen molar-refractivity contribution >= 4 is 5.97 Å². The third-order valence-corrected chi connectivity index (χ3v) is 3.01. The van der Waals surface area contributed by atoms with Gasteiger partial charge in [-0.05, 0) is 19.8 Å². The van der Waals surface area contributed by atoms with E-state index in [0.717, 1.165) is 0 Å². The van der Waals surface area contributed by atoms with Crippen LogP contribution in [-0.2, 0) is 14.3 Å². The van der Waals surface area contributed by atoms with E-state index in [-0.39, 0.29) is 18.1 Å². The van der Waals surface area contributed by atoms with Gasteiger partial charge in [-0.3, -0.25) is 4.79 Å². The molecule has 0 spiro atoms. The van der Waals surface area contributed by atoms with E-state index >= 15 is 0 Å². The van der Waals surface area contributed by atoms with Crippen LogP contribution in [0, 0.1) is 0 Å². The van der Waals surface area contributed by atoms with E-state index in [0.29, 0.717) is 32.7 Å². The van der Waals surface area contributed by atoms with Crippen LogP contribution in [0.1, 0.15) is 19.8 Å². The highest BCUT2D eigenvalue weighted by Gasteiger charge is 2.45. The molecule has 2 atom stereocenters. The lowest BCUT2D eigenvalue weighted by molar-refractivity contribution is -0.153. The van der Waals surface area contributed by atoms with Crippen LogP contribution in [0.5, 0.6) is 0 Å². The number of nitrogens with one attached hydrogen (secondary N) is 1. The number of hydrogen-bond acceptors (Lipinski definition) is 5. The highest BCUT2D eigenvalue weighted by Crippen LogP contribution is 2.27. The smallest absolute Gasteiger partial charge is 0.326 e. The van der Waals surface area contributed by atoms with Gasteiger partial charge in [0.2, 0.25) is 0 Å². The monoisotopic (exact) mass is 214 g/mol. The summed E-state index contributed by atoms with van der Waals surface area (Å²) < 4.78 is 10.4. The number of carbonyl (C=O) groups is 1. The molecule has 0 radical (unpaired) electrons. The van der Waals surface area contributed by atoms with Crippen LogP contribution in [0.25, 0.3) is 0 Å². The predicted octanol–water partition coefficient (Wildman–Crippen LogP) is -0.602. The summed E-state index contributed by atoms with van der Waals surface area (Å²) in [5.41, 5.74) is 5.29. The summed E-state index contributed by atoms with van der Waals surface area (Å²) >= 11 is 0. The number of ether oxygens (including phenoxy) is 2. The van der Waals surface area contributed by atoms with Gasteiger partial charge < -0.3 is 20.5 Å². The van der Waals surface area contributed by atoms with E-state index in [4.69, 9.17) is 15.2 Å². The van der Waals surface area contributed by atoms with Crippen molar-refractivity contribution in [3.63, 3.8) is 0 Å². The van der Waals surface area contributed by atoms with E-state index < -0.39 is 5.54 Å². The van der Waals surface area contributed by atoms with Crippen molar-refractivity contribution in [2.45, 2.75) is 37.4 Å². The molecule has 2 heterocycles. The normalized spacial score (nSPS) is 39.9. The highest BCUT2D eigenvalue weighted by atomic mass is 16.5. The quantitative estimate of drug-likeness (QED) is 0.600. The van der Waals surface area contributed by atoms with Crippen LogP contribution in [0.3, 0.4) is 0 Å². The lowest BCUT2D eigenvalue weighted by Gasteiger charge is -2.44. The largest absolute Gasteiger partial charge is 0.465 e. The molecule has 2 rings (SSSR count). The van der Waals surface area contributed by atoms with E-state index in [9.17, 15) is 4.79 Å². The molecule has 2 aliphatic heterocycles. The summed E-state index contributed by atoms with van der Waals surface area (Å²) in [5, 5.41) is 3.39. The fourth-order valence-electron chi connectivity index (χ4n) is 2.42. The second-order valence-corrected chi connectivity index (χ2v) is 4.38. The van der Waals surface area contributed by atoms with Gasteiger partial charge in [0.1, 0.15) is 5.54 Å². The molecule has 5 heteroatoms. The van der Waals surface area contributed by atoms with E-state index in [2.05, 4.69) is 5.32 Å². The van der Waals surface area contributed by atoms with Gasteiger partial charge in [-0.15, -0.1) is 0 Å². The molecule has 0 aromatic rings. The van der Waals surface area contributed by atoms with Crippen molar-refractivity contribution in [3.8, 4) is 0 Å². The molecule has 0 aliphatic carbocycles. The van der Waals surface area contributed by atoms with Gasteiger partial charge in [0, 0.05) is 12.1 Å². The number of fused-ring (bicyclic) bond motifs is 2. The van der Waals surface area contributed by atoms with Gasteiger partial charge in [-0.2, -0.15) is 0 Å². The first-order valence-electron chi connectivity index (χ1n) is 5.44. The number of nitrogens with two attached hydrogens (primary N) is 1. The molecule has 0 saturated carbocycles. The van der Waals surface area contributed by atoms with Crippen molar-refractivity contribution in [1.29, 1.82) is 0 Å². The van der Waals surface area contributed by atoms with Crippen molar-refractivity contribution in [2.24, 2.45) is 5.73 Å². The Morgan fingerprint density at radius 2 is 2.13 bits per heavy atom. The number of piperidine rings is 1. The van der Waals surface area contributed by atoms with Gasteiger partial charge in [0.15, 0.2) is 0 Å². The Balaban J connectivity index is 2.05. The van der Waals surface area contributed by atoms with Gasteiger partial charge in [-0.1, -0.05) is 0 Å². The summed E-state index contributed by atoms with van der Waals surface area (Å²) in [4.78, 5) is 11.7. The van der Waals surface area contributed by atoms with Crippen LogP contribution < -0.4 is 11.1 Å². The maximum absolute atomic E-state index is 11.7.